The average Bonchev–Trinajstić information content (AvgIpc) is 2.42. The van der Waals surface area contributed by atoms with Crippen LogP contribution >= 0.6 is 15.9 Å². The van der Waals surface area contributed by atoms with Crippen LogP contribution in [0.25, 0.3) is 0 Å². The van der Waals surface area contributed by atoms with Crippen molar-refractivity contribution in [1.29, 1.82) is 0 Å². The number of carbonyl (C=O) groups excluding carboxylic acids is 1. The summed E-state index contributed by atoms with van der Waals surface area (Å²) in [5, 5.41) is 15.9. The molecule has 2 N–H and O–H groups in total. The normalized spacial score (nSPS) is 10.0. The average molecular weight is 350 g/mol. The highest BCUT2D eigenvalue weighted by Gasteiger charge is 2.09. The molecule has 2 amide bonds. The van der Waals surface area contributed by atoms with Gasteiger partial charge in [-0.2, -0.15) is 0 Å². The molecule has 0 aromatic heterocycles. The fraction of sp³-hybridized carbons (Fsp3) is 0.0714. The number of halogens is 1. The number of hydrogen-bond acceptors (Lipinski definition) is 3. The molecule has 0 saturated heterocycles. The van der Waals surface area contributed by atoms with Gasteiger partial charge in [-0.1, -0.05) is 22.0 Å². The fourth-order valence-electron chi connectivity index (χ4n) is 1.75. The van der Waals surface area contributed by atoms with Gasteiger partial charge in [0.15, 0.2) is 0 Å². The molecule has 0 aliphatic heterocycles. The van der Waals surface area contributed by atoms with Crippen molar-refractivity contribution in [3.8, 4) is 0 Å². The van der Waals surface area contributed by atoms with Crippen LogP contribution in [-0.2, 0) is 0 Å². The Bertz CT molecular complexity index is 704. The number of nitro benzene ring substituents is 1. The highest BCUT2D eigenvalue weighted by atomic mass is 79.9. The van der Waals surface area contributed by atoms with E-state index >= 15 is 0 Å². The zero-order chi connectivity index (χ0) is 15.4. The van der Waals surface area contributed by atoms with Crippen LogP contribution in [-0.4, -0.2) is 11.0 Å². The molecule has 2 aromatic carbocycles. The standard InChI is InChI=1S/C14H12BrN3O3/c1-9-7-10(15)5-6-13(9)17-14(19)16-11-3-2-4-12(8-11)18(20)21/h2-8H,1H3,(H2,16,17,19). The maximum Gasteiger partial charge on any atom is 0.323 e. The molecule has 0 fully saturated rings. The molecule has 0 bridgehead atoms. The molecule has 0 atom stereocenters. The lowest BCUT2D eigenvalue weighted by molar-refractivity contribution is -0.384. The fourth-order valence-corrected chi connectivity index (χ4v) is 2.22. The SMILES string of the molecule is Cc1cc(Br)ccc1NC(=O)Nc1cccc([N+](=O)[O-])c1. The highest BCUT2D eigenvalue weighted by Crippen LogP contribution is 2.21. The molecule has 7 heteroatoms. The van der Waals surface area contributed by atoms with E-state index in [0.717, 1.165) is 10.0 Å². The van der Waals surface area contributed by atoms with Gasteiger partial charge in [-0.3, -0.25) is 10.1 Å². The summed E-state index contributed by atoms with van der Waals surface area (Å²) >= 11 is 3.35. The van der Waals surface area contributed by atoms with E-state index in [0.29, 0.717) is 11.4 Å². The van der Waals surface area contributed by atoms with Gasteiger partial charge in [0.05, 0.1) is 4.92 Å². The van der Waals surface area contributed by atoms with Gasteiger partial charge < -0.3 is 10.6 Å². The minimum Gasteiger partial charge on any atom is -0.307 e. The second-order valence-corrected chi connectivity index (χ2v) is 5.26. The number of carbonyl (C=O) groups is 1. The third-order valence-electron chi connectivity index (χ3n) is 2.75. The minimum absolute atomic E-state index is 0.0763. The number of anilines is 2. The summed E-state index contributed by atoms with van der Waals surface area (Å²) in [6, 6.07) is 10.8. The number of hydrogen-bond donors (Lipinski definition) is 2. The Balaban J connectivity index is 2.08. The van der Waals surface area contributed by atoms with E-state index in [1.807, 2.05) is 19.1 Å². The summed E-state index contributed by atoms with van der Waals surface area (Å²) in [4.78, 5) is 22.1. The number of amides is 2. The summed E-state index contributed by atoms with van der Waals surface area (Å²) in [5.74, 6) is 0. The first-order valence-corrected chi connectivity index (χ1v) is 6.83. The smallest absolute Gasteiger partial charge is 0.307 e. The Labute approximate surface area is 129 Å². The third-order valence-corrected chi connectivity index (χ3v) is 3.24. The summed E-state index contributed by atoms with van der Waals surface area (Å²) in [6.07, 6.45) is 0. The first-order valence-electron chi connectivity index (χ1n) is 6.04. The number of benzene rings is 2. The molecule has 0 radical (unpaired) electrons. The minimum atomic E-state index is -0.512. The van der Waals surface area contributed by atoms with Crippen molar-refractivity contribution in [2.24, 2.45) is 0 Å². The molecule has 0 saturated carbocycles. The van der Waals surface area contributed by atoms with E-state index in [-0.39, 0.29) is 5.69 Å². The molecule has 0 spiro atoms. The zero-order valence-corrected chi connectivity index (χ0v) is 12.7. The summed E-state index contributed by atoms with van der Waals surface area (Å²) in [7, 11) is 0. The number of nitrogens with zero attached hydrogens (tertiary/aromatic N) is 1. The molecule has 2 rings (SSSR count). The predicted octanol–water partition coefficient (Wildman–Crippen LogP) is 4.31. The third kappa shape index (κ3) is 4.03. The second-order valence-electron chi connectivity index (χ2n) is 4.35. The van der Waals surface area contributed by atoms with Crippen molar-refractivity contribution >= 4 is 39.0 Å². The Morgan fingerprint density at radius 3 is 2.62 bits per heavy atom. The molecule has 2 aromatic rings. The number of aryl methyl sites for hydroxylation is 1. The van der Waals surface area contributed by atoms with Crippen molar-refractivity contribution in [3.63, 3.8) is 0 Å². The Kier molecular flexibility index (Phi) is 4.54. The highest BCUT2D eigenvalue weighted by molar-refractivity contribution is 9.10. The van der Waals surface area contributed by atoms with Crippen LogP contribution in [0.2, 0.25) is 0 Å². The topological polar surface area (TPSA) is 84.3 Å². The van der Waals surface area contributed by atoms with Gasteiger partial charge >= 0.3 is 6.03 Å². The monoisotopic (exact) mass is 349 g/mol. The molecule has 0 unspecified atom stereocenters. The lowest BCUT2D eigenvalue weighted by Crippen LogP contribution is -2.19. The van der Waals surface area contributed by atoms with Crippen molar-refractivity contribution < 1.29 is 9.72 Å². The Morgan fingerprint density at radius 2 is 1.95 bits per heavy atom. The van der Waals surface area contributed by atoms with Crippen molar-refractivity contribution in [2.75, 3.05) is 10.6 Å². The lowest BCUT2D eigenvalue weighted by Gasteiger charge is -2.10. The van der Waals surface area contributed by atoms with Gasteiger partial charge in [0.2, 0.25) is 0 Å². The molecular weight excluding hydrogens is 338 g/mol. The largest absolute Gasteiger partial charge is 0.323 e. The molecule has 0 aliphatic rings. The second kappa shape index (κ2) is 6.36. The van der Waals surface area contributed by atoms with Crippen LogP contribution in [0.3, 0.4) is 0 Å². The number of urea groups is 1. The van der Waals surface area contributed by atoms with Crippen LogP contribution in [0, 0.1) is 17.0 Å². The van der Waals surface area contributed by atoms with Gasteiger partial charge in [0, 0.05) is 28.0 Å². The first kappa shape index (κ1) is 15.0. The first-order chi connectivity index (χ1) is 9.95. The van der Waals surface area contributed by atoms with Gasteiger partial charge in [-0.25, -0.2) is 4.79 Å². The quantitative estimate of drug-likeness (QED) is 0.639. The molecule has 21 heavy (non-hydrogen) atoms. The van der Waals surface area contributed by atoms with Gasteiger partial charge in [-0.15, -0.1) is 0 Å². The maximum absolute atomic E-state index is 11.9. The van der Waals surface area contributed by atoms with E-state index in [1.54, 1.807) is 12.1 Å². The van der Waals surface area contributed by atoms with E-state index in [4.69, 9.17) is 0 Å². The molecule has 0 aliphatic carbocycles. The summed E-state index contributed by atoms with van der Waals surface area (Å²) < 4.78 is 0.921. The lowest BCUT2D eigenvalue weighted by atomic mass is 10.2. The molecule has 0 heterocycles. The van der Waals surface area contributed by atoms with Gasteiger partial charge in [0.1, 0.15) is 0 Å². The summed E-state index contributed by atoms with van der Waals surface area (Å²) in [6.45, 7) is 1.87. The van der Waals surface area contributed by atoms with Gasteiger partial charge in [-0.05, 0) is 36.8 Å². The van der Waals surface area contributed by atoms with E-state index in [9.17, 15) is 14.9 Å². The molecule has 108 valence electrons. The number of nitro groups is 1. The maximum atomic E-state index is 11.9. The van der Waals surface area contributed by atoms with E-state index in [2.05, 4.69) is 26.6 Å². The molecular formula is C14H12BrN3O3. The van der Waals surface area contributed by atoms with Crippen LogP contribution in [0.4, 0.5) is 21.9 Å². The van der Waals surface area contributed by atoms with Crippen LogP contribution in [0.1, 0.15) is 5.56 Å². The van der Waals surface area contributed by atoms with E-state index in [1.165, 1.54) is 18.2 Å². The van der Waals surface area contributed by atoms with Crippen molar-refractivity contribution in [2.45, 2.75) is 6.92 Å². The number of non-ortho nitro benzene ring substituents is 1. The number of rotatable bonds is 3. The Hall–Kier alpha value is -2.41. The van der Waals surface area contributed by atoms with Crippen molar-refractivity contribution in [1.82, 2.24) is 0 Å². The molecule has 6 nitrogen and oxygen atoms in total. The van der Waals surface area contributed by atoms with E-state index < -0.39 is 11.0 Å². The number of nitrogens with one attached hydrogen (secondary N) is 2. The van der Waals surface area contributed by atoms with Crippen LogP contribution in [0.15, 0.2) is 46.9 Å². The van der Waals surface area contributed by atoms with Crippen LogP contribution < -0.4 is 10.6 Å². The Morgan fingerprint density at radius 1 is 1.19 bits per heavy atom. The predicted molar refractivity (Wildman–Crippen MR) is 84.6 cm³/mol. The zero-order valence-electron chi connectivity index (χ0n) is 11.1. The van der Waals surface area contributed by atoms with Crippen LogP contribution in [0.5, 0.6) is 0 Å². The summed E-state index contributed by atoms with van der Waals surface area (Å²) in [5.41, 5.74) is 1.85. The van der Waals surface area contributed by atoms with Crippen molar-refractivity contribution in [3.05, 3.63) is 62.6 Å². The van der Waals surface area contributed by atoms with Gasteiger partial charge in [0.25, 0.3) is 5.69 Å².